The summed E-state index contributed by atoms with van der Waals surface area (Å²) in [5, 5.41) is 6.16. The van der Waals surface area contributed by atoms with Gasteiger partial charge in [0.1, 0.15) is 0 Å². The lowest BCUT2D eigenvalue weighted by Crippen LogP contribution is -2.10. The molecule has 0 radical (unpaired) electrons. The number of para-hydroxylation sites is 5. The maximum absolute atomic E-state index is 5.26. The van der Waals surface area contributed by atoms with Crippen molar-refractivity contribution in [1.82, 2.24) is 14.1 Å². The van der Waals surface area contributed by atoms with E-state index in [1.54, 1.807) is 0 Å². The van der Waals surface area contributed by atoms with Crippen LogP contribution in [-0.2, 0) is 0 Å². The molecule has 0 unspecified atom stereocenters. The van der Waals surface area contributed by atoms with Gasteiger partial charge in [-0.15, -0.1) is 0 Å². The molecule has 4 nitrogen and oxygen atoms in total. The lowest BCUT2D eigenvalue weighted by Gasteiger charge is -2.26. The number of benzene rings is 11. The minimum Gasteiger partial charge on any atom is -0.310 e. The molecule has 73 heavy (non-hydrogen) atoms. The van der Waals surface area contributed by atoms with Crippen LogP contribution in [0.25, 0.3) is 111 Å². The molecule has 14 rings (SSSR count). The molecule has 14 aromatic rings. The summed E-state index contributed by atoms with van der Waals surface area (Å²) in [6, 6.07) is 101. The van der Waals surface area contributed by atoms with Gasteiger partial charge in [0.05, 0.1) is 33.3 Å². The minimum atomic E-state index is 0.927. The predicted molar refractivity (Wildman–Crippen MR) is 307 cm³/mol. The first kappa shape index (κ1) is 42.1. The average Bonchev–Trinajstić information content (AvgIpc) is 3.99. The fourth-order valence-electron chi connectivity index (χ4n) is 11.1. The van der Waals surface area contributed by atoms with E-state index in [0.717, 1.165) is 72.9 Å². The number of hydrogen-bond donors (Lipinski definition) is 0. The van der Waals surface area contributed by atoms with Crippen LogP contribution in [0.1, 0.15) is 0 Å². The van der Waals surface area contributed by atoms with E-state index in [9.17, 15) is 0 Å². The Hall–Kier alpha value is -9.77. The zero-order valence-electron chi connectivity index (χ0n) is 39.8. The quantitative estimate of drug-likeness (QED) is 0.144. The Balaban J connectivity index is 0.864. The third-order valence-electron chi connectivity index (χ3n) is 14.5. The second-order valence-electron chi connectivity index (χ2n) is 18.8. The van der Waals surface area contributed by atoms with Crippen molar-refractivity contribution in [1.29, 1.82) is 0 Å². The molecule has 0 saturated carbocycles. The van der Waals surface area contributed by atoms with Crippen molar-refractivity contribution in [3.63, 3.8) is 0 Å². The molecule has 3 heterocycles. The third kappa shape index (κ3) is 7.35. The molecular weight excluding hydrogens is 885 g/mol. The normalized spacial score (nSPS) is 11.6. The van der Waals surface area contributed by atoms with Crippen LogP contribution in [0.3, 0.4) is 0 Å². The number of fused-ring (bicyclic) bond motifs is 7. The lowest BCUT2D eigenvalue weighted by molar-refractivity contribution is 1.18. The highest BCUT2D eigenvalue weighted by atomic mass is 15.1. The Kier molecular flexibility index (Phi) is 10.1. The van der Waals surface area contributed by atoms with Crippen molar-refractivity contribution < 1.29 is 0 Å². The van der Waals surface area contributed by atoms with Crippen LogP contribution in [0.5, 0.6) is 0 Å². The molecule has 3 aromatic heterocycles. The van der Waals surface area contributed by atoms with E-state index in [1.165, 1.54) is 54.7 Å². The molecule has 0 bridgehead atoms. The van der Waals surface area contributed by atoms with Gasteiger partial charge in [0.15, 0.2) is 0 Å². The molecule has 0 saturated heterocycles. The molecule has 0 aliphatic carbocycles. The van der Waals surface area contributed by atoms with Crippen molar-refractivity contribution >= 4 is 71.6 Å². The van der Waals surface area contributed by atoms with Gasteiger partial charge in [-0.3, -0.25) is 0 Å². The zero-order chi connectivity index (χ0) is 48.2. The van der Waals surface area contributed by atoms with Gasteiger partial charge in [0.25, 0.3) is 0 Å². The Morgan fingerprint density at radius 2 is 0.671 bits per heavy atom. The number of aromatic nitrogens is 3. The summed E-state index contributed by atoms with van der Waals surface area (Å²) in [7, 11) is 0. The Morgan fingerprint density at radius 1 is 0.260 bits per heavy atom. The maximum atomic E-state index is 5.26. The van der Waals surface area contributed by atoms with Crippen LogP contribution < -0.4 is 4.90 Å². The first-order chi connectivity index (χ1) is 36.2. The Morgan fingerprint density at radius 3 is 1.18 bits per heavy atom. The van der Waals surface area contributed by atoms with Crippen LogP contribution in [0.2, 0.25) is 0 Å². The monoisotopic (exact) mass is 930 g/mol. The molecule has 0 fully saturated rings. The molecule has 0 aliphatic rings. The summed E-state index contributed by atoms with van der Waals surface area (Å²) in [5.74, 6) is 0. The number of nitrogens with zero attached hydrogens (tertiary/aromatic N) is 4. The summed E-state index contributed by atoms with van der Waals surface area (Å²) in [6.45, 7) is 0. The molecular formula is C69H46N4. The summed E-state index contributed by atoms with van der Waals surface area (Å²) in [4.78, 5) is 7.62. The molecule has 0 aliphatic heterocycles. The fourth-order valence-corrected chi connectivity index (χ4v) is 11.1. The first-order valence-electron chi connectivity index (χ1n) is 24.9. The van der Waals surface area contributed by atoms with Gasteiger partial charge in [-0.25, -0.2) is 4.98 Å². The Bertz CT molecular complexity index is 4070. The van der Waals surface area contributed by atoms with Crippen LogP contribution in [-0.4, -0.2) is 14.1 Å². The smallest absolute Gasteiger partial charge is 0.0716 e. The maximum Gasteiger partial charge on any atom is 0.0716 e. The summed E-state index contributed by atoms with van der Waals surface area (Å²) >= 11 is 0. The van der Waals surface area contributed by atoms with Gasteiger partial charge >= 0.3 is 0 Å². The molecule has 342 valence electrons. The van der Waals surface area contributed by atoms with Crippen molar-refractivity contribution in [2.24, 2.45) is 0 Å². The predicted octanol–water partition coefficient (Wildman–Crippen LogP) is 18.6. The van der Waals surface area contributed by atoms with Crippen molar-refractivity contribution in [3.05, 3.63) is 279 Å². The Labute approximate surface area is 423 Å². The van der Waals surface area contributed by atoms with E-state index in [2.05, 4.69) is 293 Å². The van der Waals surface area contributed by atoms with Crippen LogP contribution in [0.4, 0.5) is 17.1 Å². The minimum absolute atomic E-state index is 0.927. The van der Waals surface area contributed by atoms with Crippen LogP contribution >= 0.6 is 0 Å². The number of rotatable bonds is 9. The topological polar surface area (TPSA) is 26.0 Å². The summed E-state index contributed by atoms with van der Waals surface area (Å²) in [5.41, 5.74) is 20.1. The van der Waals surface area contributed by atoms with E-state index in [4.69, 9.17) is 4.98 Å². The molecule has 11 aromatic carbocycles. The third-order valence-corrected chi connectivity index (χ3v) is 14.5. The molecule has 0 spiro atoms. The largest absolute Gasteiger partial charge is 0.310 e. The number of anilines is 3. The second-order valence-corrected chi connectivity index (χ2v) is 18.8. The highest BCUT2D eigenvalue weighted by Gasteiger charge is 2.18. The lowest BCUT2D eigenvalue weighted by atomic mass is 9.98. The number of pyridine rings is 1. The standard InChI is InChI=1S/C69H46N4/c1-2-17-49(18-3-1)63-46-65(70-64-30-9-4-25-58(63)64)52-21-16-22-55(45-52)71(53-39-35-47(36-40-53)50-19-14-23-56(43-50)72-66-31-10-5-26-59(66)60-27-6-11-32-67(60)72)54-41-37-48(38-42-54)51-20-15-24-57(44-51)73-68-33-12-7-28-61(68)62-29-8-13-34-69(62)73/h1-46H. The van der Waals surface area contributed by atoms with Gasteiger partial charge < -0.3 is 14.0 Å². The first-order valence-corrected chi connectivity index (χ1v) is 24.9. The summed E-state index contributed by atoms with van der Waals surface area (Å²) < 4.78 is 4.77. The highest BCUT2D eigenvalue weighted by Crippen LogP contribution is 2.41. The van der Waals surface area contributed by atoms with E-state index in [-0.39, 0.29) is 0 Å². The van der Waals surface area contributed by atoms with E-state index < -0.39 is 0 Å². The second kappa shape index (κ2) is 17.6. The van der Waals surface area contributed by atoms with Gasteiger partial charge in [-0.2, -0.15) is 0 Å². The van der Waals surface area contributed by atoms with E-state index in [0.29, 0.717) is 0 Å². The zero-order valence-corrected chi connectivity index (χ0v) is 39.8. The average molecular weight is 931 g/mol. The van der Waals surface area contributed by atoms with Crippen LogP contribution in [0.15, 0.2) is 279 Å². The van der Waals surface area contributed by atoms with Crippen molar-refractivity contribution in [3.8, 4) is 56.0 Å². The van der Waals surface area contributed by atoms with Crippen molar-refractivity contribution in [2.75, 3.05) is 4.90 Å². The summed E-state index contributed by atoms with van der Waals surface area (Å²) in [6.07, 6.45) is 0. The number of hydrogen-bond acceptors (Lipinski definition) is 2. The van der Waals surface area contributed by atoms with Crippen LogP contribution in [0, 0.1) is 0 Å². The molecule has 0 atom stereocenters. The van der Waals surface area contributed by atoms with Crippen molar-refractivity contribution in [2.45, 2.75) is 0 Å². The molecule has 0 N–H and O–H groups in total. The van der Waals surface area contributed by atoms with E-state index in [1.807, 2.05) is 0 Å². The van der Waals surface area contributed by atoms with Gasteiger partial charge in [0.2, 0.25) is 0 Å². The van der Waals surface area contributed by atoms with Gasteiger partial charge in [-0.1, -0.05) is 182 Å². The SMILES string of the molecule is c1ccc(-c2cc(-c3cccc(N(c4ccc(-c5cccc(-n6c7ccccc7c7ccccc76)c5)cc4)c4ccc(-c5cccc(-n6c7ccccc7c7ccccc76)c5)cc4)c3)nc3ccccc23)cc1. The van der Waals surface area contributed by atoms with Gasteiger partial charge in [-0.05, 0) is 130 Å². The highest BCUT2D eigenvalue weighted by molar-refractivity contribution is 6.10. The molecule has 0 amide bonds. The fraction of sp³-hybridized carbons (Fsp3) is 0. The molecule has 4 heteroatoms. The van der Waals surface area contributed by atoms with E-state index >= 15 is 0 Å². The van der Waals surface area contributed by atoms with Gasteiger partial charge in [0, 0.05) is 60.9 Å².